The maximum absolute atomic E-state index is 12.7. The third-order valence-corrected chi connectivity index (χ3v) is 3.73. The molecule has 0 saturated carbocycles. The number of aliphatic imine (C=N–C) groups is 1. The molecule has 9 heteroatoms. The van der Waals surface area contributed by atoms with Gasteiger partial charge in [-0.15, -0.1) is 10.2 Å². The van der Waals surface area contributed by atoms with Crippen molar-refractivity contribution in [2.24, 2.45) is 4.99 Å². The smallest absolute Gasteiger partial charge is 0.357 e. The number of hydrogen-bond donors (Lipinski definition) is 2. The molecule has 0 aliphatic heterocycles. The third-order valence-electron chi connectivity index (χ3n) is 3.73. The number of rotatable bonds is 6. The topological polar surface area (TPSA) is 67.1 Å². The molecule has 0 amide bonds. The second-order valence-electron chi connectivity index (χ2n) is 5.79. The Morgan fingerprint density at radius 3 is 2.79 bits per heavy atom. The minimum absolute atomic E-state index is 0.259. The van der Waals surface area contributed by atoms with Gasteiger partial charge in [0.15, 0.2) is 5.96 Å². The number of aryl methyl sites for hydroxylation is 1. The van der Waals surface area contributed by atoms with Crippen LogP contribution in [0, 0.1) is 11.8 Å². The SMILES string of the molecule is CCNC(=NCCn1cnnc1CC)NCC#Cc1cccc(C(F)(F)F)c1. The van der Waals surface area contributed by atoms with Crippen molar-refractivity contribution in [3.63, 3.8) is 0 Å². The lowest BCUT2D eigenvalue weighted by Gasteiger charge is -2.09. The van der Waals surface area contributed by atoms with E-state index in [1.54, 1.807) is 12.4 Å². The highest BCUT2D eigenvalue weighted by atomic mass is 19.4. The van der Waals surface area contributed by atoms with Crippen LogP contribution in [0.15, 0.2) is 35.6 Å². The molecule has 0 atom stereocenters. The Morgan fingerprint density at radius 2 is 2.07 bits per heavy atom. The van der Waals surface area contributed by atoms with Gasteiger partial charge in [-0.05, 0) is 25.1 Å². The Hall–Kier alpha value is -3.02. The predicted octanol–water partition coefficient (Wildman–Crippen LogP) is 2.47. The molecule has 0 spiro atoms. The largest absolute Gasteiger partial charge is 0.416 e. The molecule has 6 nitrogen and oxygen atoms in total. The minimum atomic E-state index is -4.37. The van der Waals surface area contributed by atoms with E-state index < -0.39 is 11.7 Å². The van der Waals surface area contributed by atoms with E-state index in [2.05, 4.69) is 37.7 Å². The molecule has 0 radical (unpaired) electrons. The highest BCUT2D eigenvalue weighted by Crippen LogP contribution is 2.29. The van der Waals surface area contributed by atoms with Crippen LogP contribution in [0.3, 0.4) is 0 Å². The first kappa shape index (κ1) is 21.3. The van der Waals surface area contributed by atoms with Gasteiger partial charge in [-0.3, -0.25) is 4.99 Å². The van der Waals surface area contributed by atoms with Crippen LogP contribution in [-0.2, 0) is 19.1 Å². The summed E-state index contributed by atoms with van der Waals surface area (Å²) in [5, 5.41) is 14.1. The van der Waals surface area contributed by atoms with Crippen molar-refractivity contribution < 1.29 is 13.2 Å². The van der Waals surface area contributed by atoms with Crippen molar-refractivity contribution in [1.29, 1.82) is 0 Å². The molecule has 28 heavy (non-hydrogen) atoms. The Bertz CT molecular complexity index is 845. The summed E-state index contributed by atoms with van der Waals surface area (Å²) in [6.45, 7) is 6.08. The van der Waals surface area contributed by atoms with Gasteiger partial charge in [-0.1, -0.05) is 24.8 Å². The lowest BCUT2D eigenvalue weighted by molar-refractivity contribution is -0.137. The molecular formula is C19H23F3N6. The van der Waals surface area contributed by atoms with E-state index in [1.165, 1.54) is 6.07 Å². The van der Waals surface area contributed by atoms with Crippen LogP contribution >= 0.6 is 0 Å². The molecule has 2 rings (SSSR count). The van der Waals surface area contributed by atoms with Gasteiger partial charge < -0.3 is 15.2 Å². The number of halogens is 3. The number of nitrogens with one attached hydrogen (secondary N) is 2. The van der Waals surface area contributed by atoms with Gasteiger partial charge >= 0.3 is 6.18 Å². The third kappa shape index (κ3) is 6.61. The first-order chi connectivity index (χ1) is 13.4. The number of nitrogens with zero attached hydrogens (tertiary/aromatic N) is 4. The monoisotopic (exact) mass is 392 g/mol. The van der Waals surface area contributed by atoms with E-state index >= 15 is 0 Å². The summed E-state index contributed by atoms with van der Waals surface area (Å²) < 4.78 is 40.1. The van der Waals surface area contributed by atoms with Gasteiger partial charge in [-0.2, -0.15) is 13.2 Å². The Morgan fingerprint density at radius 1 is 1.25 bits per heavy atom. The van der Waals surface area contributed by atoms with Crippen LogP contribution in [0.1, 0.15) is 30.8 Å². The molecule has 0 unspecified atom stereocenters. The summed E-state index contributed by atoms with van der Waals surface area (Å²) in [6, 6.07) is 4.96. The zero-order chi connectivity index (χ0) is 20.4. The molecule has 150 valence electrons. The van der Waals surface area contributed by atoms with E-state index in [0.29, 0.717) is 31.2 Å². The van der Waals surface area contributed by atoms with Gasteiger partial charge in [0.2, 0.25) is 0 Å². The van der Waals surface area contributed by atoms with Crippen LogP contribution in [0.25, 0.3) is 0 Å². The first-order valence-electron chi connectivity index (χ1n) is 8.99. The van der Waals surface area contributed by atoms with Gasteiger partial charge in [0, 0.05) is 25.1 Å². The number of alkyl halides is 3. The van der Waals surface area contributed by atoms with Crippen molar-refractivity contribution in [3.8, 4) is 11.8 Å². The molecule has 1 aromatic carbocycles. The minimum Gasteiger partial charge on any atom is -0.357 e. The number of benzene rings is 1. The van der Waals surface area contributed by atoms with Crippen LogP contribution in [-0.4, -0.2) is 40.4 Å². The molecule has 0 aliphatic rings. The van der Waals surface area contributed by atoms with Gasteiger partial charge in [0.25, 0.3) is 0 Å². The molecule has 0 saturated heterocycles. The quantitative estimate of drug-likeness (QED) is 0.450. The van der Waals surface area contributed by atoms with Crippen LogP contribution < -0.4 is 10.6 Å². The second kappa shape index (κ2) is 10.3. The van der Waals surface area contributed by atoms with Gasteiger partial charge in [-0.25, -0.2) is 0 Å². The van der Waals surface area contributed by atoms with Crippen molar-refractivity contribution in [1.82, 2.24) is 25.4 Å². The molecule has 1 aromatic heterocycles. The summed E-state index contributed by atoms with van der Waals surface area (Å²) in [4.78, 5) is 4.46. The molecule has 0 fully saturated rings. The second-order valence-corrected chi connectivity index (χ2v) is 5.79. The average Bonchev–Trinajstić information content (AvgIpc) is 3.12. The Kier molecular flexibility index (Phi) is 7.87. The fourth-order valence-corrected chi connectivity index (χ4v) is 2.40. The van der Waals surface area contributed by atoms with Gasteiger partial charge in [0.1, 0.15) is 12.2 Å². The molecular weight excluding hydrogens is 369 g/mol. The maximum Gasteiger partial charge on any atom is 0.416 e. The Balaban J connectivity index is 1.91. The van der Waals surface area contributed by atoms with Crippen molar-refractivity contribution in [2.75, 3.05) is 19.6 Å². The number of aromatic nitrogens is 3. The molecule has 1 heterocycles. The highest BCUT2D eigenvalue weighted by molar-refractivity contribution is 5.80. The van der Waals surface area contributed by atoms with E-state index in [-0.39, 0.29) is 6.54 Å². The van der Waals surface area contributed by atoms with Crippen molar-refractivity contribution in [3.05, 3.63) is 47.5 Å². The van der Waals surface area contributed by atoms with Crippen molar-refractivity contribution >= 4 is 5.96 Å². The Labute approximate surface area is 162 Å². The normalized spacial score (nSPS) is 11.7. The fraction of sp³-hybridized carbons (Fsp3) is 0.421. The van der Waals surface area contributed by atoms with Crippen LogP contribution in [0.2, 0.25) is 0 Å². The number of hydrogen-bond acceptors (Lipinski definition) is 3. The van der Waals surface area contributed by atoms with E-state index in [9.17, 15) is 13.2 Å². The molecule has 2 aromatic rings. The molecule has 0 aliphatic carbocycles. The summed E-state index contributed by atoms with van der Waals surface area (Å²) in [7, 11) is 0. The first-order valence-corrected chi connectivity index (χ1v) is 8.99. The van der Waals surface area contributed by atoms with E-state index in [4.69, 9.17) is 0 Å². The average molecular weight is 392 g/mol. The van der Waals surface area contributed by atoms with E-state index in [0.717, 1.165) is 24.4 Å². The lowest BCUT2D eigenvalue weighted by Crippen LogP contribution is -2.37. The van der Waals surface area contributed by atoms with Crippen LogP contribution in [0.5, 0.6) is 0 Å². The van der Waals surface area contributed by atoms with Crippen molar-refractivity contribution in [2.45, 2.75) is 33.0 Å². The van der Waals surface area contributed by atoms with Gasteiger partial charge in [0.05, 0.1) is 18.7 Å². The summed E-state index contributed by atoms with van der Waals surface area (Å²) in [6.07, 6.45) is -1.90. The lowest BCUT2D eigenvalue weighted by atomic mass is 10.1. The van der Waals surface area contributed by atoms with E-state index in [1.807, 2.05) is 18.4 Å². The summed E-state index contributed by atoms with van der Waals surface area (Å²) >= 11 is 0. The zero-order valence-electron chi connectivity index (χ0n) is 15.8. The fourth-order valence-electron chi connectivity index (χ4n) is 2.40. The standard InChI is InChI=1S/C19H23F3N6/c1-3-17-27-26-14-28(17)12-11-25-18(23-4-2)24-10-6-8-15-7-5-9-16(13-15)19(20,21)22/h5,7,9,13-14H,3-4,10-12H2,1-2H3,(H2,23,24,25). The molecule has 0 bridgehead atoms. The highest BCUT2D eigenvalue weighted by Gasteiger charge is 2.30. The zero-order valence-corrected chi connectivity index (χ0v) is 15.8. The predicted molar refractivity (Wildman–Crippen MR) is 102 cm³/mol. The number of guanidine groups is 1. The maximum atomic E-state index is 12.7. The summed E-state index contributed by atoms with van der Waals surface area (Å²) in [5.41, 5.74) is -0.388. The van der Waals surface area contributed by atoms with Crippen LogP contribution in [0.4, 0.5) is 13.2 Å². The summed E-state index contributed by atoms with van der Waals surface area (Å²) in [5.74, 6) is 7.04. The molecule has 2 N–H and O–H groups in total.